The Labute approximate surface area is 155 Å². The molecule has 0 bridgehead atoms. The van der Waals surface area contributed by atoms with Gasteiger partial charge >= 0.3 is 0 Å². The topological polar surface area (TPSA) is 62.3 Å². The van der Waals surface area contributed by atoms with Gasteiger partial charge in [-0.2, -0.15) is 0 Å². The molecule has 6 heteroatoms. The lowest BCUT2D eigenvalue weighted by molar-refractivity contribution is -0.116. The predicted octanol–water partition coefficient (Wildman–Crippen LogP) is 3.86. The molecule has 2 amide bonds. The molecule has 1 aliphatic heterocycles. The minimum absolute atomic E-state index is 0.0410. The van der Waals surface area contributed by atoms with E-state index in [9.17, 15) is 9.59 Å². The molecular weight excluding hydrogens is 346 g/mol. The highest BCUT2D eigenvalue weighted by Crippen LogP contribution is 2.30. The number of carbonyl (C=O) groups excluding carboxylic acids is 2. The van der Waals surface area contributed by atoms with E-state index in [0.29, 0.717) is 6.54 Å². The van der Waals surface area contributed by atoms with Gasteiger partial charge in [0.25, 0.3) is 0 Å². The first-order chi connectivity index (χ1) is 12.6. The summed E-state index contributed by atoms with van der Waals surface area (Å²) < 4.78 is 1.10. The van der Waals surface area contributed by atoms with Gasteiger partial charge in [0.15, 0.2) is 0 Å². The van der Waals surface area contributed by atoms with Crippen LogP contribution in [0.2, 0.25) is 0 Å². The van der Waals surface area contributed by atoms with Crippen LogP contribution in [0.25, 0.3) is 16.3 Å². The summed E-state index contributed by atoms with van der Waals surface area (Å²) in [6, 6.07) is 13.5. The average Bonchev–Trinajstić information content (AvgIpc) is 3.23. The third-order valence-corrected chi connectivity index (χ3v) is 5.31. The van der Waals surface area contributed by atoms with Crippen molar-refractivity contribution in [2.75, 3.05) is 16.8 Å². The van der Waals surface area contributed by atoms with Crippen LogP contribution in [0.5, 0.6) is 0 Å². The fraction of sp³-hybridized carbons (Fsp3) is 0.150. The van der Waals surface area contributed by atoms with Gasteiger partial charge in [-0.3, -0.25) is 9.59 Å². The zero-order chi connectivity index (χ0) is 18.1. The van der Waals surface area contributed by atoms with Crippen molar-refractivity contribution >= 4 is 50.8 Å². The van der Waals surface area contributed by atoms with Gasteiger partial charge in [-0.15, -0.1) is 11.3 Å². The number of nitrogens with one attached hydrogen (secondary N) is 1. The first kappa shape index (κ1) is 16.5. The van der Waals surface area contributed by atoms with Crippen molar-refractivity contribution in [3.05, 3.63) is 59.1 Å². The maximum absolute atomic E-state index is 12.2. The van der Waals surface area contributed by atoms with Gasteiger partial charge in [0.05, 0.1) is 10.2 Å². The van der Waals surface area contributed by atoms with Crippen LogP contribution in [-0.2, 0) is 16.0 Å². The highest BCUT2D eigenvalue weighted by atomic mass is 32.1. The molecule has 0 atom stereocenters. The van der Waals surface area contributed by atoms with Gasteiger partial charge in [0, 0.05) is 30.9 Å². The second-order valence-electron chi connectivity index (χ2n) is 6.11. The Morgan fingerprint density at radius 2 is 2.08 bits per heavy atom. The highest BCUT2D eigenvalue weighted by molar-refractivity contribution is 7.19. The van der Waals surface area contributed by atoms with Crippen molar-refractivity contribution in [2.45, 2.75) is 13.3 Å². The van der Waals surface area contributed by atoms with E-state index in [2.05, 4.69) is 10.3 Å². The van der Waals surface area contributed by atoms with Crippen molar-refractivity contribution < 1.29 is 9.59 Å². The van der Waals surface area contributed by atoms with E-state index in [-0.39, 0.29) is 11.8 Å². The Morgan fingerprint density at radius 1 is 1.23 bits per heavy atom. The summed E-state index contributed by atoms with van der Waals surface area (Å²) in [6.07, 6.45) is 4.03. The summed E-state index contributed by atoms with van der Waals surface area (Å²) in [4.78, 5) is 30.0. The average molecular weight is 363 g/mol. The van der Waals surface area contributed by atoms with Crippen molar-refractivity contribution in [1.29, 1.82) is 0 Å². The van der Waals surface area contributed by atoms with E-state index in [4.69, 9.17) is 0 Å². The molecule has 0 aliphatic carbocycles. The maximum atomic E-state index is 12.2. The molecule has 4 rings (SSSR count). The van der Waals surface area contributed by atoms with Gasteiger partial charge in [-0.05, 0) is 48.4 Å². The minimum Gasteiger partial charge on any atom is -0.322 e. The Balaban J connectivity index is 1.46. The number of amides is 2. The van der Waals surface area contributed by atoms with E-state index in [1.54, 1.807) is 29.2 Å². The Kier molecular flexibility index (Phi) is 4.26. The largest absolute Gasteiger partial charge is 0.322 e. The van der Waals surface area contributed by atoms with Crippen molar-refractivity contribution in [1.82, 2.24) is 4.98 Å². The Morgan fingerprint density at radius 3 is 2.88 bits per heavy atom. The van der Waals surface area contributed by atoms with E-state index >= 15 is 0 Å². The van der Waals surface area contributed by atoms with E-state index in [1.165, 1.54) is 6.08 Å². The lowest BCUT2D eigenvalue weighted by atomic mass is 10.1. The standard InChI is InChI=1S/C20H17N3O2S/c1-13(24)23-11-10-14-12-15(6-7-17(14)23)21-19(25)8-9-20-22-16-4-2-3-5-18(16)26-20/h2-9,12H,10-11H2,1H3,(H,21,25)/b9-8+. The zero-order valence-corrected chi connectivity index (χ0v) is 15.0. The molecule has 0 saturated carbocycles. The summed E-state index contributed by atoms with van der Waals surface area (Å²) in [5.74, 6) is -0.162. The number of fused-ring (bicyclic) bond motifs is 2. The molecule has 130 valence electrons. The van der Waals surface area contributed by atoms with Crippen molar-refractivity contribution in [3.63, 3.8) is 0 Å². The number of carbonyl (C=O) groups is 2. The van der Waals surface area contributed by atoms with Crippen LogP contribution in [0, 0.1) is 0 Å². The molecule has 5 nitrogen and oxygen atoms in total. The summed E-state index contributed by atoms with van der Waals surface area (Å²) >= 11 is 1.55. The first-order valence-corrected chi connectivity index (χ1v) is 9.17. The number of hydrogen-bond acceptors (Lipinski definition) is 4. The molecule has 0 spiro atoms. The van der Waals surface area contributed by atoms with Crippen LogP contribution in [0.15, 0.2) is 48.5 Å². The normalized spacial score (nSPS) is 13.3. The summed E-state index contributed by atoms with van der Waals surface area (Å²) in [5.41, 5.74) is 3.67. The monoisotopic (exact) mass is 363 g/mol. The molecule has 2 aromatic carbocycles. The van der Waals surface area contributed by atoms with Gasteiger partial charge in [0.1, 0.15) is 5.01 Å². The number of aromatic nitrogens is 1. The number of anilines is 2. The zero-order valence-electron chi connectivity index (χ0n) is 14.2. The molecule has 1 aliphatic rings. The summed E-state index contributed by atoms with van der Waals surface area (Å²) in [5, 5.41) is 3.67. The molecule has 0 radical (unpaired) electrons. The SMILES string of the molecule is CC(=O)N1CCc2cc(NC(=O)/C=C/c3nc4ccccc4s3)ccc21. The lowest BCUT2D eigenvalue weighted by Crippen LogP contribution is -2.25. The van der Waals surface area contributed by atoms with Crippen molar-refractivity contribution in [3.8, 4) is 0 Å². The van der Waals surface area contributed by atoms with E-state index in [1.807, 2.05) is 42.5 Å². The fourth-order valence-corrected chi connectivity index (χ4v) is 3.97. The van der Waals surface area contributed by atoms with Crippen LogP contribution in [0.4, 0.5) is 11.4 Å². The number of para-hydroxylation sites is 1. The van der Waals surface area contributed by atoms with Crippen molar-refractivity contribution in [2.24, 2.45) is 0 Å². The maximum Gasteiger partial charge on any atom is 0.248 e. The molecule has 1 aromatic heterocycles. The minimum atomic E-state index is -0.203. The number of rotatable bonds is 3. The quantitative estimate of drug-likeness (QED) is 0.719. The molecule has 0 unspecified atom stereocenters. The number of hydrogen-bond donors (Lipinski definition) is 1. The van der Waals surface area contributed by atoms with Gasteiger partial charge in [-0.1, -0.05) is 12.1 Å². The number of benzene rings is 2. The smallest absolute Gasteiger partial charge is 0.248 e. The predicted molar refractivity (Wildman–Crippen MR) is 105 cm³/mol. The van der Waals surface area contributed by atoms with Gasteiger partial charge in [0.2, 0.25) is 11.8 Å². The highest BCUT2D eigenvalue weighted by Gasteiger charge is 2.22. The first-order valence-electron chi connectivity index (χ1n) is 8.36. The van der Waals surface area contributed by atoms with Crippen LogP contribution >= 0.6 is 11.3 Å². The number of thiazole rings is 1. The van der Waals surface area contributed by atoms with E-state index < -0.39 is 0 Å². The summed E-state index contributed by atoms with van der Waals surface area (Å²) in [7, 11) is 0. The second-order valence-corrected chi connectivity index (χ2v) is 7.17. The number of nitrogens with zero attached hydrogens (tertiary/aromatic N) is 2. The Hall–Kier alpha value is -2.99. The van der Waals surface area contributed by atoms with Gasteiger partial charge in [-0.25, -0.2) is 4.98 Å². The van der Waals surface area contributed by atoms with Crippen LogP contribution in [0.3, 0.4) is 0 Å². The lowest BCUT2D eigenvalue weighted by Gasteiger charge is -2.14. The molecule has 2 heterocycles. The third-order valence-electron chi connectivity index (χ3n) is 4.31. The van der Waals surface area contributed by atoms with Gasteiger partial charge < -0.3 is 10.2 Å². The third kappa shape index (κ3) is 3.23. The molecule has 26 heavy (non-hydrogen) atoms. The summed E-state index contributed by atoms with van der Waals surface area (Å²) in [6.45, 7) is 2.26. The molecule has 1 N–H and O–H groups in total. The van der Waals surface area contributed by atoms with E-state index in [0.717, 1.165) is 38.6 Å². The molecule has 0 fully saturated rings. The molecule has 0 saturated heterocycles. The van der Waals surface area contributed by atoms with Crippen LogP contribution in [0.1, 0.15) is 17.5 Å². The fourth-order valence-electron chi connectivity index (χ4n) is 3.10. The Bertz CT molecular complexity index is 1010. The van der Waals surface area contributed by atoms with Crippen LogP contribution in [-0.4, -0.2) is 23.3 Å². The molecule has 3 aromatic rings. The molecular formula is C20H17N3O2S. The second kappa shape index (κ2) is 6.72. The van der Waals surface area contributed by atoms with Crippen LogP contribution < -0.4 is 10.2 Å².